The second-order valence-electron chi connectivity index (χ2n) is 6.99. The molecule has 0 amide bonds. The van der Waals surface area contributed by atoms with E-state index in [1.165, 1.54) is 5.56 Å². The Hall–Kier alpha value is -1.75. The number of imidazole rings is 1. The molecule has 0 radical (unpaired) electrons. The van der Waals surface area contributed by atoms with Gasteiger partial charge in [-0.2, -0.15) is 0 Å². The summed E-state index contributed by atoms with van der Waals surface area (Å²) < 4.78 is 27.1. The molecule has 1 aliphatic rings. The van der Waals surface area contributed by atoms with Crippen molar-refractivity contribution in [3.63, 3.8) is 0 Å². The molecule has 1 aromatic carbocycles. The van der Waals surface area contributed by atoms with E-state index >= 15 is 0 Å². The zero-order valence-corrected chi connectivity index (χ0v) is 18.9. The van der Waals surface area contributed by atoms with E-state index in [0.29, 0.717) is 25.6 Å². The van der Waals surface area contributed by atoms with Gasteiger partial charge in [-0.25, -0.2) is 13.8 Å². The zero-order chi connectivity index (χ0) is 19.8. The smallest absolute Gasteiger partial charge is 0.251 e. The molecule has 1 saturated heterocycles. The molecular formula is C20H29F2IN6. The molecule has 0 saturated carbocycles. The molecule has 0 atom stereocenters. The Balaban J connectivity index is 0.00000300. The first kappa shape index (κ1) is 23.5. The second kappa shape index (κ2) is 12.1. The normalized spacial score (nSPS) is 15.9. The lowest BCUT2D eigenvalue weighted by atomic mass is 10.1. The number of benzene rings is 1. The Kier molecular flexibility index (Phi) is 9.79. The van der Waals surface area contributed by atoms with Crippen LogP contribution in [0.5, 0.6) is 0 Å². The van der Waals surface area contributed by atoms with E-state index < -0.39 is 6.43 Å². The summed E-state index contributed by atoms with van der Waals surface area (Å²) >= 11 is 0. The van der Waals surface area contributed by atoms with Crippen molar-refractivity contribution >= 4 is 29.9 Å². The number of halogens is 3. The van der Waals surface area contributed by atoms with Crippen molar-refractivity contribution in [1.82, 2.24) is 25.1 Å². The van der Waals surface area contributed by atoms with Crippen LogP contribution in [-0.4, -0.2) is 59.6 Å². The Bertz CT molecular complexity index is 744. The molecular weight excluding hydrogens is 489 g/mol. The summed E-state index contributed by atoms with van der Waals surface area (Å²) in [6.45, 7) is 2.56. The fourth-order valence-corrected chi connectivity index (χ4v) is 3.44. The number of rotatable bonds is 7. The van der Waals surface area contributed by atoms with Crippen LogP contribution >= 0.6 is 24.0 Å². The largest absolute Gasteiger partial charge is 0.354 e. The summed E-state index contributed by atoms with van der Waals surface area (Å²) in [6.07, 6.45) is 3.17. The maximum absolute atomic E-state index is 12.5. The molecule has 1 aliphatic heterocycles. The Labute approximate surface area is 187 Å². The molecule has 6 nitrogen and oxygen atoms in total. The van der Waals surface area contributed by atoms with E-state index in [9.17, 15) is 8.78 Å². The summed E-state index contributed by atoms with van der Waals surface area (Å²) in [7, 11) is 1.73. The molecule has 2 N–H and O–H groups in total. The van der Waals surface area contributed by atoms with Gasteiger partial charge in [-0.15, -0.1) is 24.0 Å². The summed E-state index contributed by atoms with van der Waals surface area (Å²) in [5.41, 5.74) is 1.22. The molecule has 1 aromatic heterocycles. The highest BCUT2D eigenvalue weighted by molar-refractivity contribution is 14.0. The van der Waals surface area contributed by atoms with E-state index in [-0.39, 0.29) is 36.6 Å². The quantitative estimate of drug-likeness (QED) is 0.337. The van der Waals surface area contributed by atoms with Crippen LogP contribution in [0.15, 0.2) is 47.7 Å². The number of guanidine groups is 1. The third-order valence-electron chi connectivity index (χ3n) is 4.96. The monoisotopic (exact) mass is 518 g/mol. The Morgan fingerprint density at radius 2 is 1.97 bits per heavy atom. The number of nitrogens with one attached hydrogen (secondary N) is 2. The van der Waals surface area contributed by atoms with Crippen molar-refractivity contribution in [2.24, 2.45) is 4.99 Å². The molecule has 160 valence electrons. The first-order valence-corrected chi connectivity index (χ1v) is 9.65. The van der Waals surface area contributed by atoms with Crippen LogP contribution in [0.25, 0.3) is 0 Å². The van der Waals surface area contributed by atoms with Crippen LogP contribution in [-0.2, 0) is 13.1 Å². The van der Waals surface area contributed by atoms with Crippen molar-refractivity contribution in [1.29, 1.82) is 0 Å². The van der Waals surface area contributed by atoms with Crippen LogP contribution in [0.2, 0.25) is 0 Å². The van der Waals surface area contributed by atoms with Gasteiger partial charge < -0.3 is 15.2 Å². The van der Waals surface area contributed by atoms with E-state index in [0.717, 1.165) is 25.2 Å². The molecule has 0 spiro atoms. The summed E-state index contributed by atoms with van der Waals surface area (Å²) in [4.78, 5) is 10.5. The minimum Gasteiger partial charge on any atom is -0.354 e. The van der Waals surface area contributed by atoms with Gasteiger partial charge in [0, 0.05) is 45.1 Å². The molecule has 3 rings (SSSR count). The Morgan fingerprint density at radius 1 is 1.24 bits per heavy atom. The fraction of sp³-hybridized carbons (Fsp3) is 0.500. The van der Waals surface area contributed by atoms with E-state index in [4.69, 9.17) is 0 Å². The zero-order valence-electron chi connectivity index (χ0n) is 16.6. The van der Waals surface area contributed by atoms with E-state index in [1.807, 2.05) is 29.3 Å². The summed E-state index contributed by atoms with van der Waals surface area (Å²) in [6, 6.07) is 10.5. The van der Waals surface area contributed by atoms with Crippen molar-refractivity contribution < 1.29 is 8.78 Å². The third-order valence-corrected chi connectivity index (χ3v) is 4.96. The third kappa shape index (κ3) is 7.54. The van der Waals surface area contributed by atoms with Gasteiger partial charge in [0.1, 0.15) is 5.82 Å². The Morgan fingerprint density at radius 3 is 2.62 bits per heavy atom. The molecule has 29 heavy (non-hydrogen) atoms. The number of likely N-dealkylation sites (tertiary alicyclic amines) is 1. The average Bonchev–Trinajstić information content (AvgIpc) is 3.14. The lowest BCUT2D eigenvalue weighted by molar-refractivity contribution is 0.0744. The average molecular weight is 518 g/mol. The minimum atomic E-state index is -2.27. The SMILES string of the molecule is CN=C(NCc1nccn1Cc1ccccc1)NC1CCN(CC(F)F)CC1.I. The predicted molar refractivity (Wildman–Crippen MR) is 122 cm³/mol. The van der Waals surface area contributed by atoms with E-state index in [1.54, 1.807) is 13.2 Å². The lowest BCUT2D eigenvalue weighted by Crippen LogP contribution is -2.49. The van der Waals surface area contributed by atoms with Gasteiger partial charge in [-0.3, -0.25) is 9.89 Å². The summed E-state index contributed by atoms with van der Waals surface area (Å²) in [5.74, 6) is 1.64. The second-order valence-corrected chi connectivity index (χ2v) is 6.99. The van der Waals surface area contributed by atoms with Crippen LogP contribution in [0, 0.1) is 0 Å². The van der Waals surface area contributed by atoms with Crippen molar-refractivity contribution in [3.8, 4) is 0 Å². The first-order valence-electron chi connectivity index (χ1n) is 9.65. The highest BCUT2D eigenvalue weighted by Gasteiger charge is 2.22. The maximum atomic E-state index is 12.5. The number of piperidine rings is 1. The lowest BCUT2D eigenvalue weighted by Gasteiger charge is -2.32. The van der Waals surface area contributed by atoms with Crippen molar-refractivity contribution in [3.05, 3.63) is 54.1 Å². The van der Waals surface area contributed by atoms with Crippen LogP contribution in [0.1, 0.15) is 24.2 Å². The number of aliphatic imine (C=N–C) groups is 1. The molecule has 0 unspecified atom stereocenters. The van der Waals surface area contributed by atoms with Crippen LogP contribution in [0.4, 0.5) is 8.78 Å². The highest BCUT2D eigenvalue weighted by Crippen LogP contribution is 2.12. The van der Waals surface area contributed by atoms with Crippen molar-refractivity contribution in [2.45, 2.75) is 38.4 Å². The predicted octanol–water partition coefficient (Wildman–Crippen LogP) is 2.94. The van der Waals surface area contributed by atoms with Crippen molar-refractivity contribution in [2.75, 3.05) is 26.7 Å². The molecule has 1 fully saturated rings. The standard InChI is InChI=1S/C20H28F2N6.HI/c1-23-20(26-17-7-10-27(11-8-17)15-18(21)22)25-13-19-24-9-12-28(19)14-16-5-3-2-4-6-16;/h2-6,9,12,17-18H,7-8,10-11,13-15H2,1H3,(H2,23,25,26);1H. The molecule has 9 heteroatoms. The molecule has 0 aliphatic carbocycles. The maximum Gasteiger partial charge on any atom is 0.251 e. The van der Waals surface area contributed by atoms with Gasteiger partial charge in [0.25, 0.3) is 6.43 Å². The van der Waals surface area contributed by atoms with Gasteiger partial charge in [0.15, 0.2) is 5.96 Å². The first-order chi connectivity index (χ1) is 13.6. The number of aromatic nitrogens is 2. The number of alkyl halides is 2. The van der Waals surface area contributed by atoms with Gasteiger partial charge in [0.05, 0.1) is 13.1 Å². The van der Waals surface area contributed by atoms with Gasteiger partial charge in [-0.05, 0) is 18.4 Å². The summed E-state index contributed by atoms with van der Waals surface area (Å²) in [5, 5.41) is 6.71. The van der Waals surface area contributed by atoms with E-state index in [2.05, 4.69) is 37.3 Å². The number of hydrogen-bond donors (Lipinski definition) is 2. The van der Waals surface area contributed by atoms with Gasteiger partial charge in [0.2, 0.25) is 0 Å². The minimum absolute atomic E-state index is 0. The molecule has 0 bridgehead atoms. The van der Waals surface area contributed by atoms with Crippen LogP contribution < -0.4 is 10.6 Å². The fourth-order valence-electron chi connectivity index (χ4n) is 3.44. The number of nitrogens with zero attached hydrogens (tertiary/aromatic N) is 4. The number of hydrogen-bond acceptors (Lipinski definition) is 3. The molecule has 2 heterocycles. The topological polar surface area (TPSA) is 57.5 Å². The molecule has 2 aromatic rings. The van der Waals surface area contributed by atoms with Crippen LogP contribution in [0.3, 0.4) is 0 Å². The highest BCUT2D eigenvalue weighted by atomic mass is 127. The van der Waals surface area contributed by atoms with Gasteiger partial charge >= 0.3 is 0 Å². The van der Waals surface area contributed by atoms with Gasteiger partial charge in [-0.1, -0.05) is 30.3 Å².